The van der Waals surface area contributed by atoms with Gasteiger partial charge in [0.25, 0.3) is 0 Å². The Morgan fingerprint density at radius 1 is 1.18 bits per heavy atom. The third-order valence-electron chi connectivity index (χ3n) is 2.53. The van der Waals surface area contributed by atoms with E-state index in [0.29, 0.717) is 10.7 Å². The number of rotatable bonds is 4. The first kappa shape index (κ1) is 11.7. The molecule has 0 saturated heterocycles. The van der Waals surface area contributed by atoms with E-state index in [-0.39, 0.29) is 0 Å². The molecular formula is C13H14ClN3. The van der Waals surface area contributed by atoms with Gasteiger partial charge in [0.2, 0.25) is 0 Å². The summed E-state index contributed by atoms with van der Waals surface area (Å²) in [4.78, 5) is 3.98. The quantitative estimate of drug-likeness (QED) is 0.817. The van der Waals surface area contributed by atoms with Crippen molar-refractivity contribution in [1.82, 2.24) is 4.98 Å². The summed E-state index contributed by atoms with van der Waals surface area (Å²) in [6.45, 7) is 0.814. The molecule has 0 unspecified atom stereocenters. The molecule has 88 valence electrons. The number of hydrogen-bond donors (Lipinski definition) is 2. The van der Waals surface area contributed by atoms with Crippen molar-refractivity contribution in [3.63, 3.8) is 0 Å². The molecule has 4 heteroatoms. The first-order chi connectivity index (χ1) is 8.27. The highest BCUT2D eigenvalue weighted by molar-refractivity contribution is 6.33. The van der Waals surface area contributed by atoms with E-state index >= 15 is 0 Å². The van der Waals surface area contributed by atoms with Gasteiger partial charge >= 0.3 is 0 Å². The van der Waals surface area contributed by atoms with Gasteiger partial charge in [-0.2, -0.15) is 0 Å². The topological polar surface area (TPSA) is 50.9 Å². The molecule has 1 aromatic heterocycles. The minimum absolute atomic E-state index is 0.582. The van der Waals surface area contributed by atoms with Gasteiger partial charge in [-0.25, -0.2) is 0 Å². The van der Waals surface area contributed by atoms with Gasteiger partial charge in [-0.3, -0.25) is 4.98 Å². The standard InChI is InChI=1S/C13H14ClN3/c14-11-2-1-3-12(13(11)15)17-9-6-10-4-7-16-8-5-10/h1-5,7-8,17H,6,9,15H2. The molecule has 0 radical (unpaired) electrons. The van der Waals surface area contributed by atoms with Crippen molar-refractivity contribution in [2.24, 2.45) is 0 Å². The summed E-state index contributed by atoms with van der Waals surface area (Å²) in [5, 5.41) is 3.85. The summed E-state index contributed by atoms with van der Waals surface area (Å²) >= 11 is 5.94. The molecule has 0 aliphatic rings. The Morgan fingerprint density at radius 2 is 1.94 bits per heavy atom. The van der Waals surface area contributed by atoms with Crippen LogP contribution in [0, 0.1) is 0 Å². The van der Waals surface area contributed by atoms with Crippen molar-refractivity contribution in [1.29, 1.82) is 0 Å². The monoisotopic (exact) mass is 247 g/mol. The second-order valence-corrected chi connectivity index (χ2v) is 4.14. The van der Waals surface area contributed by atoms with E-state index in [1.165, 1.54) is 5.56 Å². The van der Waals surface area contributed by atoms with Crippen LogP contribution in [0.2, 0.25) is 5.02 Å². The predicted octanol–water partition coefficient (Wildman–Crippen LogP) is 2.97. The fourth-order valence-corrected chi connectivity index (χ4v) is 1.76. The van der Waals surface area contributed by atoms with Crippen LogP contribution < -0.4 is 11.1 Å². The van der Waals surface area contributed by atoms with Gasteiger partial charge in [0, 0.05) is 18.9 Å². The van der Waals surface area contributed by atoms with Gasteiger partial charge in [-0.15, -0.1) is 0 Å². The number of pyridine rings is 1. The Kier molecular flexibility index (Phi) is 3.83. The fourth-order valence-electron chi connectivity index (χ4n) is 1.58. The van der Waals surface area contributed by atoms with Crippen molar-refractivity contribution in [2.75, 3.05) is 17.6 Å². The smallest absolute Gasteiger partial charge is 0.0739 e. The molecule has 0 atom stereocenters. The van der Waals surface area contributed by atoms with Gasteiger partial charge in [0.1, 0.15) is 0 Å². The third-order valence-corrected chi connectivity index (χ3v) is 2.86. The molecule has 0 spiro atoms. The summed E-state index contributed by atoms with van der Waals surface area (Å²) < 4.78 is 0. The van der Waals surface area contributed by atoms with Crippen LogP contribution >= 0.6 is 11.6 Å². The van der Waals surface area contributed by atoms with Gasteiger partial charge in [-0.1, -0.05) is 17.7 Å². The molecule has 2 aromatic rings. The van der Waals surface area contributed by atoms with E-state index in [2.05, 4.69) is 10.3 Å². The summed E-state index contributed by atoms with van der Waals surface area (Å²) in [5.74, 6) is 0. The lowest BCUT2D eigenvalue weighted by Gasteiger charge is -2.10. The van der Waals surface area contributed by atoms with Crippen LogP contribution in [0.1, 0.15) is 5.56 Å². The molecule has 3 nitrogen and oxygen atoms in total. The molecule has 0 fully saturated rings. The Bertz CT molecular complexity index is 485. The molecule has 0 aliphatic carbocycles. The van der Waals surface area contributed by atoms with E-state index in [4.69, 9.17) is 17.3 Å². The molecule has 2 rings (SSSR count). The molecule has 0 saturated carbocycles. The zero-order valence-corrected chi connectivity index (χ0v) is 10.1. The summed E-state index contributed by atoms with van der Waals surface area (Å²) in [7, 11) is 0. The van der Waals surface area contributed by atoms with E-state index < -0.39 is 0 Å². The number of nitrogens with zero attached hydrogens (tertiary/aromatic N) is 1. The number of nitrogens with one attached hydrogen (secondary N) is 1. The first-order valence-corrected chi connectivity index (χ1v) is 5.82. The predicted molar refractivity (Wildman–Crippen MR) is 72.3 cm³/mol. The van der Waals surface area contributed by atoms with Crippen molar-refractivity contribution in [3.05, 3.63) is 53.3 Å². The highest BCUT2D eigenvalue weighted by Crippen LogP contribution is 2.26. The average molecular weight is 248 g/mol. The highest BCUT2D eigenvalue weighted by Gasteiger charge is 2.01. The Balaban J connectivity index is 1.93. The fraction of sp³-hybridized carbons (Fsp3) is 0.154. The van der Waals surface area contributed by atoms with E-state index in [1.807, 2.05) is 24.3 Å². The van der Waals surface area contributed by atoms with Crippen LogP contribution in [0.4, 0.5) is 11.4 Å². The Morgan fingerprint density at radius 3 is 2.71 bits per heavy atom. The maximum Gasteiger partial charge on any atom is 0.0739 e. The number of halogens is 1. The van der Waals surface area contributed by atoms with E-state index in [0.717, 1.165) is 18.7 Å². The van der Waals surface area contributed by atoms with Crippen molar-refractivity contribution < 1.29 is 0 Å². The van der Waals surface area contributed by atoms with Crippen molar-refractivity contribution in [2.45, 2.75) is 6.42 Å². The largest absolute Gasteiger partial charge is 0.396 e. The van der Waals surface area contributed by atoms with Gasteiger partial charge in [-0.05, 0) is 36.2 Å². The molecule has 0 aliphatic heterocycles. The molecule has 1 aromatic carbocycles. The lowest BCUT2D eigenvalue weighted by molar-refractivity contribution is 1.01. The van der Waals surface area contributed by atoms with Gasteiger partial charge < -0.3 is 11.1 Å². The van der Waals surface area contributed by atoms with Crippen molar-refractivity contribution >= 4 is 23.0 Å². The highest BCUT2D eigenvalue weighted by atomic mass is 35.5. The summed E-state index contributed by atoms with van der Waals surface area (Å²) in [6, 6.07) is 9.60. The Labute approximate surface area is 106 Å². The number of aromatic nitrogens is 1. The third kappa shape index (κ3) is 3.11. The number of para-hydroxylation sites is 1. The van der Waals surface area contributed by atoms with Crippen LogP contribution in [0.25, 0.3) is 0 Å². The number of hydrogen-bond acceptors (Lipinski definition) is 3. The van der Waals surface area contributed by atoms with Crippen LogP contribution in [0.5, 0.6) is 0 Å². The normalized spacial score (nSPS) is 10.2. The molecular weight excluding hydrogens is 234 g/mol. The van der Waals surface area contributed by atoms with Crippen LogP contribution in [0.3, 0.4) is 0 Å². The number of nitrogen functional groups attached to an aromatic ring is 1. The molecule has 0 amide bonds. The van der Waals surface area contributed by atoms with E-state index in [9.17, 15) is 0 Å². The van der Waals surface area contributed by atoms with Gasteiger partial charge in [0.05, 0.1) is 16.4 Å². The maximum absolute atomic E-state index is 5.94. The molecule has 3 N–H and O–H groups in total. The second kappa shape index (κ2) is 5.55. The maximum atomic E-state index is 5.94. The number of anilines is 2. The lowest BCUT2D eigenvalue weighted by atomic mass is 10.2. The second-order valence-electron chi connectivity index (χ2n) is 3.73. The minimum atomic E-state index is 0.582. The molecule has 17 heavy (non-hydrogen) atoms. The van der Waals surface area contributed by atoms with Crippen LogP contribution in [-0.2, 0) is 6.42 Å². The molecule has 0 bridgehead atoms. The average Bonchev–Trinajstić information content (AvgIpc) is 2.36. The first-order valence-electron chi connectivity index (χ1n) is 5.44. The zero-order valence-electron chi connectivity index (χ0n) is 9.36. The summed E-state index contributed by atoms with van der Waals surface area (Å²) in [5.41, 5.74) is 8.58. The molecule has 1 heterocycles. The van der Waals surface area contributed by atoms with E-state index in [1.54, 1.807) is 18.5 Å². The zero-order chi connectivity index (χ0) is 12.1. The van der Waals surface area contributed by atoms with Crippen molar-refractivity contribution in [3.8, 4) is 0 Å². The summed E-state index contributed by atoms with van der Waals surface area (Å²) in [6.07, 6.45) is 4.51. The Hall–Kier alpha value is -1.74. The lowest BCUT2D eigenvalue weighted by Crippen LogP contribution is -2.07. The SMILES string of the molecule is Nc1c(Cl)cccc1NCCc1ccncc1. The van der Waals surface area contributed by atoms with Gasteiger partial charge in [0.15, 0.2) is 0 Å². The number of nitrogens with two attached hydrogens (primary N) is 1. The van der Waals surface area contributed by atoms with Crippen LogP contribution in [0.15, 0.2) is 42.7 Å². The minimum Gasteiger partial charge on any atom is -0.396 e. The number of benzene rings is 1. The van der Waals surface area contributed by atoms with Crippen LogP contribution in [-0.4, -0.2) is 11.5 Å².